The van der Waals surface area contributed by atoms with Crippen molar-refractivity contribution in [3.05, 3.63) is 48.5 Å². The molecule has 0 aromatic heterocycles. The summed E-state index contributed by atoms with van der Waals surface area (Å²) in [5, 5.41) is 0. The van der Waals surface area contributed by atoms with Gasteiger partial charge in [-0.05, 0) is 74.2 Å². The third-order valence-electron chi connectivity index (χ3n) is 3.89. The lowest BCUT2D eigenvalue weighted by Gasteiger charge is -2.09. The van der Waals surface area contributed by atoms with Crippen LogP contribution < -0.4 is 18.9 Å². The maximum atomic E-state index is 11.2. The number of anilines is 2. The molecule has 0 saturated carbocycles. The zero-order valence-corrected chi connectivity index (χ0v) is 18.8. The second-order valence-corrected chi connectivity index (χ2v) is 10.4. The minimum absolute atomic E-state index is 0.506. The summed E-state index contributed by atoms with van der Waals surface area (Å²) in [4.78, 5) is 0. The topological polar surface area (TPSA) is 111 Å². The van der Waals surface area contributed by atoms with Crippen molar-refractivity contribution in [1.82, 2.24) is 0 Å². The van der Waals surface area contributed by atoms with Crippen LogP contribution in [0.15, 0.2) is 48.5 Å². The molecular formula is C20H28N2O6S2. The van der Waals surface area contributed by atoms with Gasteiger partial charge in [-0.25, -0.2) is 16.8 Å². The highest BCUT2D eigenvalue weighted by atomic mass is 32.2. The normalized spacial score (nSPS) is 11.7. The van der Waals surface area contributed by atoms with Crippen molar-refractivity contribution in [1.29, 1.82) is 0 Å². The van der Waals surface area contributed by atoms with Gasteiger partial charge in [0, 0.05) is 11.4 Å². The first kappa shape index (κ1) is 23.8. The molecule has 10 heteroatoms. The molecule has 30 heavy (non-hydrogen) atoms. The molecular weight excluding hydrogens is 428 g/mol. The van der Waals surface area contributed by atoms with E-state index in [4.69, 9.17) is 9.47 Å². The average Bonchev–Trinajstić information content (AvgIpc) is 2.64. The SMILES string of the molecule is CS(=O)(=O)Nc1ccc(OCCCCCCOc2ccc(NS(C)(=O)=O)cc2)cc1. The lowest BCUT2D eigenvalue weighted by molar-refractivity contribution is 0.287. The predicted octanol–water partition coefficient (Wildman–Crippen LogP) is 3.45. The molecule has 2 aromatic rings. The summed E-state index contributed by atoms with van der Waals surface area (Å²) < 4.78 is 60.8. The predicted molar refractivity (Wildman–Crippen MR) is 119 cm³/mol. The van der Waals surface area contributed by atoms with E-state index in [0.29, 0.717) is 36.1 Å². The van der Waals surface area contributed by atoms with Gasteiger partial charge in [0.15, 0.2) is 0 Å². The standard InChI is InChI=1S/C20H28N2O6S2/c1-29(23,24)21-17-7-11-19(12-8-17)27-15-5-3-4-6-16-28-20-13-9-18(10-14-20)22-30(2,25)26/h7-14,21-22H,3-6,15-16H2,1-2H3. The van der Waals surface area contributed by atoms with Gasteiger partial charge in [-0.2, -0.15) is 0 Å². The number of hydrogen-bond donors (Lipinski definition) is 2. The minimum atomic E-state index is -3.27. The molecule has 0 fully saturated rings. The van der Waals surface area contributed by atoms with E-state index in [1.165, 1.54) is 0 Å². The van der Waals surface area contributed by atoms with E-state index in [1.54, 1.807) is 48.5 Å². The van der Waals surface area contributed by atoms with Crippen molar-refractivity contribution in [3.8, 4) is 11.5 Å². The van der Waals surface area contributed by atoms with Crippen LogP contribution in [0.3, 0.4) is 0 Å². The van der Waals surface area contributed by atoms with E-state index in [2.05, 4.69) is 9.44 Å². The number of benzene rings is 2. The van der Waals surface area contributed by atoms with Gasteiger partial charge in [0.05, 0.1) is 25.7 Å². The maximum Gasteiger partial charge on any atom is 0.229 e. The molecule has 0 bridgehead atoms. The summed E-state index contributed by atoms with van der Waals surface area (Å²) in [6, 6.07) is 13.6. The first-order valence-corrected chi connectivity index (χ1v) is 13.3. The highest BCUT2D eigenvalue weighted by molar-refractivity contribution is 7.92. The smallest absolute Gasteiger partial charge is 0.229 e. The molecule has 2 rings (SSSR count). The average molecular weight is 457 g/mol. The molecule has 0 spiro atoms. The zero-order chi connectivity index (χ0) is 22.0. The molecule has 0 unspecified atom stereocenters. The molecule has 0 aliphatic heterocycles. The fraction of sp³-hybridized carbons (Fsp3) is 0.400. The van der Waals surface area contributed by atoms with E-state index in [9.17, 15) is 16.8 Å². The Morgan fingerprint density at radius 3 is 1.23 bits per heavy atom. The van der Waals surface area contributed by atoms with Gasteiger partial charge in [0.1, 0.15) is 11.5 Å². The van der Waals surface area contributed by atoms with E-state index in [0.717, 1.165) is 38.2 Å². The third-order valence-corrected chi connectivity index (χ3v) is 5.10. The van der Waals surface area contributed by atoms with Crippen molar-refractivity contribution >= 4 is 31.4 Å². The lowest BCUT2D eigenvalue weighted by Crippen LogP contribution is -2.09. The molecule has 0 radical (unpaired) electrons. The van der Waals surface area contributed by atoms with Gasteiger partial charge in [-0.1, -0.05) is 0 Å². The van der Waals surface area contributed by atoms with Crippen LogP contribution >= 0.6 is 0 Å². The van der Waals surface area contributed by atoms with Crippen molar-refractivity contribution < 1.29 is 26.3 Å². The van der Waals surface area contributed by atoms with Crippen LogP contribution in [0.4, 0.5) is 11.4 Å². The fourth-order valence-electron chi connectivity index (χ4n) is 2.60. The van der Waals surface area contributed by atoms with Crippen LogP contribution in [-0.2, 0) is 20.0 Å². The second kappa shape index (κ2) is 11.1. The highest BCUT2D eigenvalue weighted by Gasteiger charge is 2.03. The largest absolute Gasteiger partial charge is 0.494 e. The first-order chi connectivity index (χ1) is 14.1. The third kappa shape index (κ3) is 10.4. The monoisotopic (exact) mass is 456 g/mol. The first-order valence-electron chi connectivity index (χ1n) is 9.52. The number of nitrogens with one attached hydrogen (secondary N) is 2. The Hall–Kier alpha value is -2.46. The summed E-state index contributed by atoms with van der Waals surface area (Å²) in [5.41, 5.74) is 1.01. The Morgan fingerprint density at radius 1 is 0.600 bits per heavy atom. The van der Waals surface area contributed by atoms with Crippen LogP contribution in [0, 0.1) is 0 Å². The maximum absolute atomic E-state index is 11.2. The Balaban J connectivity index is 1.55. The van der Waals surface area contributed by atoms with Gasteiger partial charge in [0.2, 0.25) is 20.0 Å². The van der Waals surface area contributed by atoms with Gasteiger partial charge in [0.25, 0.3) is 0 Å². The van der Waals surface area contributed by atoms with E-state index < -0.39 is 20.0 Å². The fourth-order valence-corrected chi connectivity index (χ4v) is 3.73. The summed E-state index contributed by atoms with van der Waals surface area (Å²) in [5.74, 6) is 1.40. The number of rotatable bonds is 13. The van der Waals surface area contributed by atoms with Crippen LogP contribution in [0.5, 0.6) is 11.5 Å². The molecule has 0 saturated heterocycles. The summed E-state index contributed by atoms with van der Waals surface area (Å²) in [7, 11) is -6.55. The second-order valence-electron chi connectivity index (χ2n) is 6.91. The number of hydrogen-bond acceptors (Lipinski definition) is 6. The van der Waals surface area contributed by atoms with E-state index in [1.807, 2.05) is 0 Å². The van der Waals surface area contributed by atoms with E-state index >= 15 is 0 Å². The van der Waals surface area contributed by atoms with Crippen LogP contribution in [-0.4, -0.2) is 42.6 Å². The van der Waals surface area contributed by atoms with Crippen molar-refractivity contribution in [2.24, 2.45) is 0 Å². The minimum Gasteiger partial charge on any atom is -0.494 e. The Kier molecular flexibility index (Phi) is 8.79. The zero-order valence-electron chi connectivity index (χ0n) is 17.1. The molecule has 8 nitrogen and oxygen atoms in total. The van der Waals surface area contributed by atoms with Gasteiger partial charge >= 0.3 is 0 Å². The summed E-state index contributed by atoms with van der Waals surface area (Å²) in [6.45, 7) is 1.18. The number of sulfonamides is 2. The quantitative estimate of drug-likeness (QED) is 0.447. The molecule has 0 aliphatic carbocycles. The summed E-state index contributed by atoms with van der Waals surface area (Å²) >= 11 is 0. The number of unbranched alkanes of at least 4 members (excludes halogenated alkanes) is 3. The molecule has 2 N–H and O–H groups in total. The molecule has 2 aromatic carbocycles. The Morgan fingerprint density at radius 2 is 0.933 bits per heavy atom. The van der Waals surface area contributed by atoms with Gasteiger partial charge < -0.3 is 9.47 Å². The molecule has 0 amide bonds. The van der Waals surface area contributed by atoms with Crippen molar-refractivity contribution in [2.45, 2.75) is 25.7 Å². The van der Waals surface area contributed by atoms with Crippen molar-refractivity contribution in [2.75, 3.05) is 35.2 Å². The highest BCUT2D eigenvalue weighted by Crippen LogP contribution is 2.18. The molecule has 0 atom stereocenters. The van der Waals surface area contributed by atoms with Gasteiger partial charge in [-0.15, -0.1) is 0 Å². The lowest BCUT2D eigenvalue weighted by atomic mass is 10.2. The summed E-state index contributed by atoms with van der Waals surface area (Å²) in [6.07, 6.45) is 6.06. The Bertz CT molecular complexity index is 905. The van der Waals surface area contributed by atoms with Crippen molar-refractivity contribution in [3.63, 3.8) is 0 Å². The Labute approximate surface area is 178 Å². The molecule has 0 aliphatic rings. The molecule has 0 heterocycles. The van der Waals surface area contributed by atoms with E-state index in [-0.39, 0.29) is 0 Å². The van der Waals surface area contributed by atoms with Crippen LogP contribution in [0.1, 0.15) is 25.7 Å². The molecule has 166 valence electrons. The van der Waals surface area contributed by atoms with Gasteiger partial charge in [-0.3, -0.25) is 9.44 Å². The number of ether oxygens (including phenoxy) is 2. The van der Waals surface area contributed by atoms with Crippen LogP contribution in [0.25, 0.3) is 0 Å². The van der Waals surface area contributed by atoms with Crippen LogP contribution in [0.2, 0.25) is 0 Å².